The lowest BCUT2D eigenvalue weighted by Gasteiger charge is -2.06. The van der Waals surface area contributed by atoms with Crippen LogP contribution in [0.4, 0.5) is 0 Å². The Labute approximate surface area is 114 Å². The maximum absolute atomic E-state index is 10.8. The molecule has 0 bridgehead atoms. The summed E-state index contributed by atoms with van der Waals surface area (Å²) < 4.78 is 5.49. The zero-order chi connectivity index (χ0) is 13.8. The van der Waals surface area contributed by atoms with Crippen LogP contribution in [0.15, 0.2) is 30.3 Å². The molecule has 0 atom stereocenters. The van der Waals surface area contributed by atoms with Gasteiger partial charge in [-0.2, -0.15) is 0 Å². The van der Waals surface area contributed by atoms with Crippen LogP contribution in [-0.4, -0.2) is 21.0 Å². The summed E-state index contributed by atoms with van der Waals surface area (Å²) >= 11 is 5.73. The van der Waals surface area contributed by atoms with Crippen molar-refractivity contribution in [3.8, 4) is 5.75 Å². The maximum atomic E-state index is 10.8. The Bertz CT molecular complexity index is 617. The summed E-state index contributed by atoms with van der Waals surface area (Å²) in [4.78, 5) is 18.6. The second kappa shape index (κ2) is 5.67. The molecule has 0 unspecified atom stereocenters. The molecule has 2 rings (SSSR count). The molecule has 0 aliphatic heterocycles. The van der Waals surface area contributed by atoms with Gasteiger partial charge < -0.3 is 9.84 Å². The SMILES string of the molecule is Cc1cccc(OCc2nc(Cl)cc(C(=O)O)n2)c1. The largest absolute Gasteiger partial charge is 0.486 e. The number of aryl methyl sites for hydroxylation is 1. The highest BCUT2D eigenvalue weighted by molar-refractivity contribution is 6.29. The number of carboxylic acid groups (broad SMARTS) is 1. The molecule has 0 spiro atoms. The summed E-state index contributed by atoms with van der Waals surface area (Å²) in [5.74, 6) is -0.257. The molecule has 6 heteroatoms. The molecule has 0 saturated carbocycles. The monoisotopic (exact) mass is 278 g/mol. The molecule has 1 aromatic carbocycles. The topological polar surface area (TPSA) is 72.3 Å². The third-order valence-electron chi connectivity index (χ3n) is 2.32. The van der Waals surface area contributed by atoms with Gasteiger partial charge >= 0.3 is 5.97 Å². The highest BCUT2D eigenvalue weighted by Gasteiger charge is 2.09. The third kappa shape index (κ3) is 3.66. The van der Waals surface area contributed by atoms with E-state index in [1.54, 1.807) is 6.07 Å². The fourth-order valence-corrected chi connectivity index (χ4v) is 1.69. The average Bonchev–Trinajstić information content (AvgIpc) is 2.36. The molecular formula is C13H11ClN2O3. The summed E-state index contributed by atoms with van der Waals surface area (Å²) in [6, 6.07) is 8.68. The van der Waals surface area contributed by atoms with Crippen LogP contribution in [0, 0.1) is 6.92 Å². The quantitative estimate of drug-likeness (QED) is 0.871. The molecule has 0 fully saturated rings. The van der Waals surface area contributed by atoms with Crippen molar-refractivity contribution in [3.05, 3.63) is 52.6 Å². The number of carboxylic acids is 1. The van der Waals surface area contributed by atoms with E-state index in [0.29, 0.717) is 5.75 Å². The van der Waals surface area contributed by atoms with Crippen LogP contribution in [0.2, 0.25) is 5.15 Å². The summed E-state index contributed by atoms with van der Waals surface area (Å²) in [6.45, 7) is 2.01. The van der Waals surface area contributed by atoms with E-state index >= 15 is 0 Å². The first-order valence-electron chi connectivity index (χ1n) is 5.51. The normalized spacial score (nSPS) is 10.2. The molecule has 98 valence electrons. The number of rotatable bonds is 4. The van der Waals surface area contributed by atoms with Crippen LogP contribution in [0.5, 0.6) is 5.75 Å². The Hall–Kier alpha value is -2.14. The predicted molar refractivity (Wildman–Crippen MR) is 69.5 cm³/mol. The summed E-state index contributed by atoms with van der Waals surface area (Å²) in [5.41, 5.74) is 0.915. The van der Waals surface area contributed by atoms with E-state index in [1.165, 1.54) is 6.07 Å². The number of hydrogen-bond donors (Lipinski definition) is 1. The molecule has 1 aromatic heterocycles. The van der Waals surface area contributed by atoms with Crippen LogP contribution < -0.4 is 4.74 Å². The fourth-order valence-electron chi connectivity index (χ4n) is 1.49. The third-order valence-corrected chi connectivity index (χ3v) is 2.51. The Morgan fingerprint density at radius 3 is 2.84 bits per heavy atom. The number of benzene rings is 1. The van der Waals surface area contributed by atoms with E-state index in [-0.39, 0.29) is 23.3 Å². The number of nitrogens with zero attached hydrogens (tertiary/aromatic N) is 2. The first-order chi connectivity index (χ1) is 9.04. The maximum Gasteiger partial charge on any atom is 0.354 e. The van der Waals surface area contributed by atoms with Crippen molar-refractivity contribution in [1.29, 1.82) is 0 Å². The number of ether oxygens (including phenoxy) is 1. The Morgan fingerprint density at radius 2 is 2.16 bits per heavy atom. The first-order valence-corrected chi connectivity index (χ1v) is 5.88. The van der Waals surface area contributed by atoms with Crippen LogP contribution >= 0.6 is 11.6 Å². The fraction of sp³-hybridized carbons (Fsp3) is 0.154. The molecule has 1 heterocycles. The minimum atomic E-state index is -1.15. The molecule has 0 saturated heterocycles. The Balaban J connectivity index is 2.13. The van der Waals surface area contributed by atoms with Gasteiger partial charge in [0, 0.05) is 6.07 Å². The van der Waals surface area contributed by atoms with Gasteiger partial charge in [0.25, 0.3) is 0 Å². The van der Waals surface area contributed by atoms with Gasteiger partial charge in [0.2, 0.25) is 0 Å². The van der Waals surface area contributed by atoms with Crippen LogP contribution in [-0.2, 0) is 6.61 Å². The zero-order valence-electron chi connectivity index (χ0n) is 10.1. The van der Waals surface area contributed by atoms with Crippen molar-refractivity contribution in [2.45, 2.75) is 13.5 Å². The van der Waals surface area contributed by atoms with E-state index in [9.17, 15) is 4.79 Å². The van der Waals surface area contributed by atoms with Crippen LogP contribution in [0.1, 0.15) is 21.9 Å². The van der Waals surface area contributed by atoms with Gasteiger partial charge in [0.1, 0.15) is 17.5 Å². The second-order valence-corrected chi connectivity index (χ2v) is 4.29. The molecule has 2 aromatic rings. The van der Waals surface area contributed by atoms with E-state index < -0.39 is 5.97 Å². The standard InChI is InChI=1S/C13H11ClN2O3/c1-8-3-2-4-9(5-8)19-7-12-15-10(13(17)18)6-11(14)16-12/h2-6H,7H2,1H3,(H,17,18). The first kappa shape index (κ1) is 13.3. The van der Waals surface area contributed by atoms with E-state index in [0.717, 1.165) is 5.56 Å². The Kier molecular flexibility index (Phi) is 3.97. The summed E-state index contributed by atoms with van der Waals surface area (Å²) in [7, 11) is 0. The van der Waals surface area contributed by atoms with E-state index in [4.69, 9.17) is 21.4 Å². The van der Waals surface area contributed by atoms with Crippen molar-refractivity contribution in [1.82, 2.24) is 9.97 Å². The van der Waals surface area contributed by atoms with Crippen LogP contribution in [0.25, 0.3) is 0 Å². The highest BCUT2D eigenvalue weighted by atomic mass is 35.5. The van der Waals surface area contributed by atoms with Crippen molar-refractivity contribution in [3.63, 3.8) is 0 Å². The van der Waals surface area contributed by atoms with Gasteiger partial charge in [0.15, 0.2) is 11.5 Å². The van der Waals surface area contributed by atoms with Gasteiger partial charge in [0.05, 0.1) is 0 Å². The number of carbonyl (C=O) groups is 1. The van der Waals surface area contributed by atoms with Gasteiger partial charge in [-0.15, -0.1) is 0 Å². The minimum Gasteiger partial charge on any atom is -0.486 e. The molecule has 1 N–H and O–H groups in total. The van der Waals surface area contributed by atoms with Gasteiger partial charge in [-0.3, -0.25) is 0 Å². The molecule has 0 radical (unpaired) electrons. The molecule has 5 nitrogen and oxygen atoms in total. The molecule has 19 heavy (non-hydrogen) atoms. The van der Waals surface area contributed by atoms with E-state index in [1.807, 2.05) is 25.1 Å². The molecular weight excluding hydrogens is 268 g/mol. The summed E-state index contributed by atoms with van der Waals surface area (Å²) in [6.07, 6.45) is 0. The van der Waals surface area contributed by atoms with Gasteiger partial charge in [-0.1, -0.05) is 23.7 Å². The predicted octanol–water partition coefficient (Wildman–Crippen LogP) is 2.72. The van der Waals surface area contributed by atoms with E-state index in [2.05, 4.69) is 9.97 Å². The van der Waals surface area contributed by atoms with Crippen molar-refractivity contribution in [2.24, 2.45) is 0 Å². The smallest absolute Gasteiger partial charge is 0.354 e. The molecule has 0 amide bonds. The molecule has 0 aliphatic carbocycles. The lowest BCUT2D eigenvalue weighted by Crippen LogP contribution is -2.08. The number of aromatic carboxylic acids is 1. The van der Waals surface area contributed by atoms with Crippen molar-refractivity contribution < 1.29 is 14.6 Å². The summed E-state index contributed by atoms with van der Waals surface area (Å²) in [5, 5.41) is 8.94. The lowest BCUT2D eigenvalue weighted by atomic mass is 10.2. The minimum absolute atomic E-state index is 0.0598. The average molecular weight is 279 g/mol. The Morgan fingerprint density at radius 1 is 1.37 bits per heavy atom. The van der Waals surface area contributed by atoms with Crippen molar-refractivity contribution in [2.75, 3.05) is 0 Å². The lowest BCUT2D eigenvalue weighted by molar-refractivity contribution is 0.0689. The van der Waals surface area contributed by atoms with Crippen molar-refractivity contribution >= 4 is 17.6 Å². The van der Waals surface area contributed by atoms with Gasteiger partial charge in [-0.25, -0.2) is 14.8 Å². The van der Waals surface area contributed by atoms with Gasteiger partial charge in [-0.05, 0) is 24.6 Å². The number of aromatic nitrogens is 2. The highest BCUT2D eigenvalue weighted by Crippen LogP contribution is 2.14. The van der Waals surface area contributed by atoms with Crippen LogP contribution in [0.3, 0.4) is 0 Å². The number of halogens is 1. The zero-order valence-corrected chi connectivity index (χ0v) is 10.9. The number of hydrogen-bond acceptors (Lipinski definition) is 4. The second-order valence-electron chi connectivity index (χ2n) is 3.90. The molecule has 0 aliphatic rings.